The highest BCUT2D eigenvalue weighted by atomic mass is 35.5. The van der Waals surface area contributed by atoms with E-state index >= 15 is 0 Å². The number of rotatable bonds is 6. The predicted molar refractivity (Wildman–Crippen MR) is 76.7 cm³/mol. The van der Waals surface area contributed by atoms with Crippen LogP contribution in [-0.2, 0) is 6.61 Å². The van der Waals surface area contributed by atoms with Gasteiger partial charge < -0.3 is 9.47 Å². The normalized spacial score (nSPS) is 10.2. The van der Waals surface area contributed by atoms with Gasteiger partial charge in [0.2, 0.25) is 0 Å². The lowest BCUT2D eigenvalue weighted by Crippen LogP contribution is -1.99. The second-order valence-electron chi connectivity index (χ2n) is 3.74. The third kappa shape index (κ3) is 3.49. The van der Waals surface area contributed by atoms with Gasteiger partial charge in [-0.05, 0) is 36.6 Å². The summed E-state index contributed by atoms with van der Waals surface area (Å²) < 4.78 is 11.2. The highest BCUT2D eigenvalue weighted by Gasteiger charge is 2.08. The largest absolute Gasteiger partial charge is 0.490 e. The van der Waals surface area contributed by atoms with Crippen molar-refractivity contribution >= 4 is 29.2 Å². The van der Waals surface area contributed by atoms with Crippen molar-refractivity contribution in [2.24, 2.45) is 0 Å². The first-order valence-electron chi connectivity index (χ1n) is 5.81. The monoisotopic (exact) mass is 296 g/mol. The average Bonchev–Trinajstić information content (AvgIpc) is 2.83. The molecule has 1 aromatic carbocycles. The van der Waals surface area contributed by atoms with E-state index in [2.05, 4.69) is 0 Å². The van der Waals surface area contributed by atoms with Crippen LogP contribution in [0.1, 0.15) is 22.2 Å². The van der Waals surface area contributed by atoms with Crippen molar-refractivity contribution in [1.82, 2.24) is 0 Å². The molecule has 2 rings (SSSR count). The number of hydrogen-bond donors (Lipinski definition) is 0. The van der Waals surface area contributed by atoms with Crippen LogP contribution in [0.3, 0.4) is 0 Å². The van der Waals surface area contributed by atoms with Crippen LogP contribution in [-0.4, -0.2) is 12.9 Å². The van der Waals surface area contributed by atoms with E-state index < -0.39 is 0 Å². The van der Waals surface area contributed by atoms with Crippen LogP contribution in [0.5, 0.6) is 11.5 Å². The van der Waals surface area contributed by atoms with Crippen molar-refractivity contribution in [3.8, 4) is 11.5 Å². The van der Waals surface area contributed by atoms with Gasteiger partial charge in [-0.25, -0.2) is 0 Å². The Balaban J connectivity index is 2.14. The molecule has 0 unspecified atom stereocenters. The first-order chi connectivity index (χ1) is 9.24. The molecule has 0 aliphatic carbocycles. The molecule has 0 fully saturated rings. The molecular weight excluding hydrogens is 284 g/mol. The molecule has 3 nitrogen and oxygen atoms in total. The number of ether oxygens (including phenoxy) is 2. The molecule has 5 heteroatoms. The zero-order valence-electron chi connectivity index (χ0n) is 10.4. The fourth-order valence-electron chi connectivity index (χ4n) is 1.56. The van der Waals surface area contributed by atoms with Crippen molar-refractivity contribution in [2.75, 3.05) is 6.61 Å². The van der Waals surface area contributed by atoms with Gasteiger partial charge in [0.15, 0.2) is 11.5 Å². The summed E-state index contributed by atoms with van der Waals surface area (Å²) in [6, 6.07) is 6.93. The lowest BCUT2D eigenvalue weighted by atomic mass is 10.2. The highest BCUT2D eigenvalue weighted by Crippen LogP contribution is 2.30. The number of aldehydes is 1. The van der Waals surface area contributed by atoms with Gasteiger partial charge in [0.1, 0.15) is 12.9 Å². The van der Waals surface area contributed by atoms with E-state index in [-0.39, 0.29) is 0 Å². The first kappa shape index (κ1) is 13.9. The lowest BCUT2D eigenvalue weighted by molar-refractivity contribution is 0.112. The number of thiophene rings is 1. The lowest BCUT2D eigenvalue weighted by Gasteiger charge is -2.11. The number of halogens is 1. The average molecular weight is 297 g/mol. The Kier molecular flexibility index (Phi) is 4.82. The number of carbonyl (C=O) groups is 1. The van der Waals surface area contributed by atoms with Crippen molar-refractivity contribution in [3.05, 3.63) is 45.1 Å². The standard InChI is InChI=1S/C14H13ClO3S/c1-2-17-13-7-10(8-16)3-4-12(13)18-9-14-11(15)5-6-19-14/h3-8H,2,9H2,1H3. The summed E-state index contributed by atoms with van der Waals surface area (Å²) in [6.45, 7) is 2.78. The first-order valence-corrected chi connectivity index (χ1v) is 7.07. The third-order valence-electron chi connectivity index (χ3n) is 2.45. The van der Waals surface area contributed by atoms with Gasteiger partial charge in [-0.2, -0.15) is 0 Å². The number of carbonyl (C=O) groups excluding carboxylic acids is 1. The van der Waals surface area contributed by atoms with Crippen LogP contribution < -0.4 is 9.47 Å². The maximum Gasteiger partial charge on any atom is 0.161 e. The molecule has 0 atom stereocenters. The molecule has 0 aliphatic rings. The zero-order chi connectivity index (χ0) is 13.7. The molecule has 0 aliphatic heterocycles. The summed E-state index contributed by atoms with van der Waals surface area (Å²) in [5, 5.41) is 2.62. The Morgan fingerprint density at radius 2 is 2.11 bits per heavy atom. The van der Waals surface area contributed by atoms with E-state index in [1.54, 1.807) is 29.5 Å². The molecule has 0 bridgehead atoms. The van der Waals surface area contributed by atoms with Gasteiger partial charge >= 0.3 is 0 Å². The maximum absolute atomic E-state index is 10.8. The molecule has 0 saturated heterocycles. The molecule has 2 aromatic rings. The molecule has 0 radical (unpaired) electrons. The van der Waals surface area contributed by atoms with E-state index in [4.69, 9.17) is 21.1 Å². The molecule has 100 valence electrons. The molecule has 1 heterocycles. The van der Waals surface area contributed by atoms with Gasteiger partial charge in [0.05, 0.1) is 16.5 Å². The van der Waals surface area contributed by atoms with Crippen LogP contribution in [0.25, 0.3) is 0 Å². The summed E-state index contributed by atoms with van der Waals surface area (Å²) in [6.07, 6.45) is 0.780. The van der Waals surface area contributed by atoms with Gasteiger partial charge in [-0.15, -0.1) is 11.3 Å². The highest BCUT2D eigenvalue weighted by molar-refractivity contribution is 7.10. The van der Waals surface area contributed by atoms with Crippen LogP contribution in [0.15, 0.2) is 29.6 Å². The third-order valence-corrected chi connectivity index (χ3v) is 3.81. The maximum atomic E-state index is 10.8. The quantitative estimate of drug-likeness (QED) is 0.750. The van der Waals surface area contributed by atoms with E-state index in [0.717, 1.165) is 11.2 Å². The van der Waals surface area contributed by atoms with Crippen LogP contribution in [0, 0.1) is 0 Å². The molecule has 0 amide bonds. The van der Waals surface area contributed by atoms with E-state index in [1.807, 2.05) is 18.4 Å². The second-order valence-corrected chi connectivity index (χ2v) is 5.15. The van der Waals surface area contributed by atoms with E-state index in [1.165, 1.54) is 0 Å². The van der Waals surface area contributed by atoms with Crippen molar-refractivity contribution in [2.45, 2.75) is 13.5 Å². The van der Waals surface area contributed by atoms with Crippen molar-refractivity contribution in [1.29, 1.82) is 0 Å². The topological polar surface area (TPSA) is 35.5 Å². The van der Waals surface area contributed by atoms with Crippen molar-refractivity contribution < 1.29 is 14.3 Å². The van der Waals surface area contributed by atoms with Crippen LogP contribution in [0.4, 0.5) is 0 Å². The van der Waals surface area contributed by atoms with Crippen LogP contribution in [0.2, 0.25) is 5.02 Å². The summed E-state index contributed by atoms with van der Waals surface area (Å²) in [7, 11) is 0. The summed E-state index contributed by atoms with van der Waals surface area (Å²) in [5.74, 6) is 1.18. The van der Waals surface area contributed by atoms with Crippen molar-refractivity contribution in [3.63, 3.8) is 0 Å². The van der Waals surface area contributed by atoms with Gasteiger partial charge in [0.25, 0.3) is 0 Å². The molecule has 0 spiro atoms. The Morgan fingerprint density at radius 1 is 1.26 bits per heavy atom. The van der Waals surface area contributed by atoms with Gasteiger partial charge in [-0.1, -0.05) is 11.6 Å². The molecule has 0 N–H and O–H groups in total. The second kappa shape index (κ2) is 6.59. The zero-order valence-corrected chi connectivity index (χ0v) is 12.0. The Hall–Kier alpha value is -1.52. The Morgan fingerprint density at radius 3 is 2.74 bits per heavy atom. The van der Waals surface area contributed by atoms with Gasteiger partial charge in [-0.3, -0.25) is 4.79 Å². The molecule has 1 aromatic heterocycles. The predicted octanol–water partition coefficient (Wildman–Crippen LogP) is 4.19. The van der Waals surface area contributed by atoms with E-state index in [9.17, 15) is 4.79 Å². The van der Waals surface area contributed by atoms with E-state index in [0.29, 0.717) is 35.3 Å². The summed E-state index contributed by atoms with van der Waals surface area (Å²) in [5.41, 5.74) is 0.560. The van der Waals surface area contributed by atoms with Crippen LogP contribution >= 0.6 is 22.9 Å². The fraction of sp³-hybridized carbons (Fsp3) is 0.214. The Labute approximate surface area is 120 Å². The molecule has 19 heavy (non-hydrogen) atoms. The molecule has 0 saturated carbocycles. The summed E-state index contributed by atoms with van der Waals surface area (Å²) >= 11 is 7.55. The minimum atomic E-state index is 0.386. The Bertz CT molecular complexity index is 566. The SMILES string of the molecule is CCOc1cc(C=O)ccc1OCc1sccc1Cl. The fourth-order valence-corrected chi connectivity index (χ4v) is 2.56. The number of hydrogen-bond acceptors (Lipinski definition) is 4. The van der Waals surface area contributed by atoms with Gasteiger partial charge in [0, 0.05) is 5.56 Å². The minimum Gasteiger partial charge on any atom is -0.490 e. The minimum absolute atomic E-state index is 0.386. The molecular formula is C14H13ClO3S. The summed E-state index contributed by atoms with van der Waals surface area (Å²) in [4.78, 5) is 11.7. The number of benzene rings is 1. The smallest absolute Gasteiger partial charge is 0.161 e.